The molecule has 0 aliphatic heterocycles. The van der Waals surface area contributed by atoms with Gasteiger partial charge in [-0.2, -0.15) is 0 Å². The summed E-state index contributed by atoms with van der Waals surface area (Å²) < 4.78 is 0.337. The maximum atomic E-state index is 11.2. The van der Waals surface area contributed by atoms with Gasteiger partial charge < -0.3 is 5.11 Å². The molecule has 0 spiro atoms. The highest BCUT2D eigenvalue weighted by atomic mass is 35.5. The second-order valence-corrected chi connectivity index (χ2v) is 5.18. The monoisotopic (exact) mass is 252 g/mol. The molecule has 4 heteroatoms. The zero-order valence-electron chi connectivity index (χ0n) is 8.53. The Balaban J connectivity index is 2.69. The van der Waals surface area contributed by atoms with E-state index in [0.717, 1.165) is 16.0 Å². The molecule has 0 bridgehead atoms. The highest BCUT2D eigenvalue weighted by molar-refractivity contribution is 7.17. The van der Waals surface area contributed by atoms with Crippen LogP contribution in [0.2, 0.25) is 4.34 Å². The molecule has 0 atom stereocenters. The fourth-order valence-electron chi connectivity index (χ4n) is 1.65. The van der Waals surface area contributed by atoms with Gasteiger partial charge in [0.05, 0.1) is 5.56 Å². The average Bonchev–Trinajstić information content (AvgIpc) is 2.55. The molecule has 2 rings (SSSR count). The van der Waals surface area contributed by atoms with Crippen LogP contribution in [0, 0.1) is 6.92 Å². The molecule has 1 aromatic heterocycles. The number of carboxylic acids is 1. The first kappa shape index (κ1) is 11.2. The standard InChI is InChI=1S/C12H9ClO2S/c1-7-9(8-5-3-2-4-6-8)10(12(14)15)11(13)16-7/h2-6H,1H3,(H,14,15). The predicted molar refractivity (Wildman–Crippen MR) is 66.5 cm³/mol. The van der Waals surface area contributed by atoms with Gasteiger partial charge in [-0.25, -0.2) is 4.79 Å². The number of rotatable bonds is 2. The Morgan fingerprint density at radius 3 is 2.50 bits per heavy atom. The molecule has 2 nitrogen and oxygen atoms in total. The van der Waals surface area contributed by atoms with Gasteiger partial charge in [0.2, 0.25) is 0 Å². The topological polar surface area (TPSA) is 37.3 Å². The lowest BCUT2D eigenvalue weighted by atomic mass is 10.0. The van der Waals surface area contributed by atoms with E-state index in [2.05, 4.69) is 0 Å². The first-order chi connectivity index (χ1) is 7.61. The first-order valence-electron chi connectivity index (χ1n) is 4.69. The van der Waals surface area contributed by atoms with E-state index in [1.165, 1.54) is 11.3 Å². The number of hydrogen-bond acceptors (Lipinski definition) is 2. The van der Waals surface area contributed by atoms with Gasteiger partial charge in [0.15, 0.2) is 0 Å². The lowest BCUT2D eigenvalue weighted by Gasteiger charge is -2.02. The van der Waals surface area contributed by atoms with Gasteiger partial charge in [-0.15, -0.1) is 11.3 Å². The van der Waals surface area contributed by atoms with Crippen LogP contribution in [-0.2, 0) is 0 Å². The molecule has 0 saturated heterocycles. The summed E-state index contributed by atoms with van der Waals surface area (Å²) in [5, 5.41) is 9.14. The summed E-state index contributed by atoms with van der Waals surface area (Å²) in [5.41, 5.74) is 1.82. The minimum Gasteiger partial charge on any atom is -0.478 e. The molecule has 0 aliphatic carbocycles. The first-order valence-corrected chi connectivity index (χ1v) is 5.88. The lowest BCUT2D eigenvalue weighted by Crippen LogP contribution is -1.97. The van der Waals surface area contributed by atoms with Crippen LogP contribution in [0.1, 0.15) is 15.2 Å². The smallest absolute Gasteiger partial charge is 0.338 e. The van der Waals surface area contributed by atoms with Gasteiger partial charge in [0, 0.05) is 10.4 Å². The molecule has 0 radical (unpaired) electrons. The van der Waals surface area contributed by atoms with Crippen molar-refractivity contribution in [3.63, 3.8) is 0 Å². The van der Waals surface area contributed by atoms with Gasteiger partial charge in [-0.1, -0.05) is 41.9 Å². The van der Waals surface area contributed by atoms with E-state index in [1.807, 2.05) is 37.3 Å². The summed E-state index contributed by atoms with van der Waals surface area (Å²) in [7, 11) is 0. The predicted octanol–water partition coefficient (Wildman–Crippen LogP) is 4.08. The largest absolute Gasteiger partial charge is 0.478 e. The Labute approximate surface area is 102 Å². The van der Waals surface area contributed by atoms with E-state index in [4.69, 9.17) is 16.7 Å². The zero-order chi connectivity index (χ0) is 11.7. The Kier molecular flexibility index (Phi) is 2.99. The molecule has 1 N–H and O–H groups in total. The second-order valence-electron chi connectivity index (χ2n) is 3.35. The Bertz CT molecular complexity index is 531. The fourth-order valence-corrected chi connectivity index (χ4v) is 3.06. The van der Waals surface area contributed by atoms with Crippen molar-refractivity contribution in [1.29, 1.82) is 0 Å². The van der Waals surface area contributed by atoms with Crippen LogP contribution in [0.3, 0.4) is 0 Å². The quantitative estimate of drug-likeness (QED) is 0.875. The second kappa shape index (κ2) is 4.28. The molecule has 0 fully saturated rings. The summed E-state index contributed by atoms with van der Waals surface area (Å²) in [4.78, 5) is 12.1. The molecule has 0 amide bonds. The third-order valence-corrected chi connectivity index (χ3v) is 3.63. The van der Waals surface area contributed by atoms with Crippen LogP contribution in [0.4, 0.5) is 0 Å². The Hall–Kier alpha value is -1.32. The third-order valence-electron chi connectivity index (χ3n) is 2.32. The van der Waals surface area contributed by atoms with E-state index in [-0.39, 0.29) is 5.56 Å². The van der Waals surface area contributed by atoms with E-state index in [0.29, 0.717) is 4.34 Å². The molecule has 1 heterocycles. The average molecular weight is 253 g/mol. The van der Waals surface area contributed by atoms with Crippen LogP contribution in [0.15, 0.2) is 30.3 Å². The van der Waals surface area contributed by atoms with Gasteiger partial charge in [-0.05, 0) is 12.5 Å². The minimum atomic E-state index is -0.979. The van der Waals surface area contributed by atoms with Crippen molar-refractivity contribution < 1.29 is 9.90 Å². The molecule has 0 unspecified atom stereocenters. The lowest BCUT2D eigenvalue weighted by molar-refractivity contribution is 0.0698. The number of carboxylic acid groups (broad SMARTS) is 1. The fraction of sp³-hybridized carbons (Fsp3) is 0.0833. The van der Waals surface area contributed by atoms with E-state index < -0.39 is 5.97 Å². The van der Waals surface area contributed by atoms with Crippen LogP contribution in [0.5, 0.6) is 0 Å². The SMILES string of the molecule is Cc1sc(Cl)c(C(=O)O)c1-c1ccccc1. The number of aryl methyl sites for hydroxylation is 1. The van der Waals surface area contributed by atoms with Crippen LogP contribution in [0.25, 0.3) is 11.1 Å². The van der Waals surface area contributed by atoms with Crippen LogP contribution < -0.4 is 0 Å². The van der Waals surface area contributed by atoms with Crippen molar-refractivity contribution in [3.05, 3.63) is 45.1 Å². The molecule has 0 saturated carbocycles. The summed E-state index contributed by atoms with van der Waals surface area (Å²) in [6.07, 6.45) is 0. The summed E-state index contributed by atoms with van der Waals surface area (Å²) in [6, 6.07) is 9.43. The third kappa shape index (κ3) is 1.84. The molecule has 1 aromatic carbocycles. The summed E-state index contributed by atoms with van der Waals surface area (Å²) in [5.74, 6) is -0.979. The number of benzene rings is 1. The molecular weight excluding hydrogens is 244 g/mol. The van der Waals surface area contributed by atoms with E-state index in [9.17, 15) is 4.79 Å². The number of hydrogen-bond donors (Lipinski definition) is 1. The number of thiophene rings is 1. The van der Waals surface area contributed by atoms with Crippen LogP contribution >= 0.6 is 22.9 Å². The summed E-state index contributed by atoms with van der Waals surface area (Å²) >= 11 is 7.24. The number of halogens is 1. The molecule has 82 valence electrons. The van der Waals surface area contributed by atoms with Gasteiger partial charge in [0.1, 0.15) is 4.34 Å². The highest BCUT2D eigenvalue weighted by Crippen LogP contribution is 2.39. The van der Waals surface area contributed by atoms with Crippen molar-refractivity contribution in [2.45, 2.75) is 6.92 Å². The molecule has 2 aromatic rings. The Morgan fingerprint density at radius 2 is 1.94 bits per heavy atom. The summed E-state index contributed by atoms with van der Waals surface area (Å²) in [6.45, 7) is 1.88. The van der Waals surface area contributed by atoms with Crippen molar-refractivity contribution in [2.24, 2.45) is 0 Å². The minimum absolute atomic E-state index is 0.204. The Morgan fingerprint density at radius 1 is 1.31 bits per heavy atom. The normalized spacial score (nSPS) is 10.4. The molecule has 16 heavy (non-hydrogen) atoms. The van der Waals surface area contributed by atoms with E-state index in [1.54, 1.807) is 0 Å². The van der Waals surface area contributed by atoms with Crippen LogP contribution in [-0.4, -0.2) is 11.1 Å². The van der Waals surface area contributed by atoms with Gasteiger partial charge >= 0.3 is 5.97 Å². The van der Waals surface area contributed by atoms with Crippen molar-refractivity contribution in [3.8, 4) is 11.1 Å². The van der Waals surface area contributed by atoms with Gasteiger partial charge in [-0.3, -0.25) is 0 Å². The van der Waals surface area contributed by atoms with Gasteiger partial charge in [0.25, 0.3) is 0 Å². The molecular formula is C12H9ClO2S. The number of aromatic carboxylic acids is 1. The van der Waals surface area contributed by atoms with Crippen molar-refractivity contribution >= 4 is 28.9 Å². The van der Waals surface area contributed by atoms with Crippen molar-refractivity contribution in [1.82, 2.24) is 0 Å². The highest BCUT2D eigenvalue weighted by Gasteiger charge is 2.21. The maximum Gasteiger partial charge on any atom is 0.338 e. The number of carbonyl (C=O) groups is 1. The van der Waals surface area contributed by atoms with Crippen molar-refractivity contribution in [2.75, 3.05) is 0 Å². The molecule has 0 aliphatic rings. The zero-order valence-corrected chi connectivity index (χ0v) is 10.1. The maximum absolute atomic E-state index is 11.2. The van der Waals surface area contributed by atoms with E-state index >= 15 is 0 Å².